The quantitative estimate of drug-likeness (QED) is 0.689. The van der Waals surface area contributed by atoms with Gasteiger partial charge < -0.3 is 4.57 Å². The third kappa shape index (κ3) is 2.51. The van der Waals surface area contributed by atoms with E-state index in [0.29, 0.717) is 12.8 Å². The largest absolute Gasteiger partial charge is 0.350 e. The summed E-state index contributed by atoms with van der Waals surface area (Å²) in [5.74, 6) is 0.171. The number of rotatable bonds is 3. The van der Waals surface area contributed by atoms with Gasteiger partial charge in [0.15, 0.2) is 5.78 Å². The van der Waals surface area contributed by atoms with Gasteiger partial charge in [0, 0.05) is 54.2 Å². The lowest BCUT2D eigenvalue weighted by Gasteiger charge is -2.21. The van der Waals surface area contributed by atoms with Crippen molar-refractivity contribution in [1.82, 2.24) is 14.1 Å². The van der Waals surface area contributed by atoms with E-state index in [1.54, 1.807) is 10.9 Å². The van der Waals surface area contributed by atoms with E-state index in [-0.39, 0.29) is 17.6 Å². The third-order valence-corrected chi connectivity index (χ3v) is 5.23. The Morgan fingerprint density at radius 1 is 1.28 bits per heavy atom. The van der Waals surface area contributed by atoms with Gasteiger partial charge in [-0.1, -0.05) is 25.1 Å². The van der Waals surface area contributed by atoms with Crippen molar-refractivity contribution in [2.75, 3.05) is 0 Å². The van der Waals surface area contributed by atoms with Gasteiger partial charge >= 0.3 is 0 Å². The molecule has 4 rings (SSSR count). The van der Waals surface area contributed by atoms with Crippen LogP contribution in [0.3, 0.4) is 0 Å². The van der Waals surface area contributed by atoms with Crippen LogP contribution in [0.15, 0.2) is 36.8 Å². The van der Waals surface area contributed by atoms with Gasteiger partial charge in [-0.15, -0.1) is 0 Å². The van der Waals surface area contributed by atoms with Crippen molar-refractivity contribution in [1.29, 1.82) is 0 Å². The van der Waals surface area contributed by atoms with E-state index in [1.807, 2.05) is 49.0 Å². The molecule has 3 aromatic rings. The van der Waals surface area contributed by atoms with Crippen molar-refractivity contribution in [3.8, 4) is 0 Å². The maximum Gasteiger partial charge on any atom is 0.231 e. The van der Waals surface area contributed by atoms with Gasteiger partial charge in [-0.25, -0.2) is 4.98 Å². The van der Waals surface area contributed by atoms with Crippen molar-refractivity contribution >= 4 is 22.6 Å². The highest BCUT2D eigenvalue weighted by atomic mass is 16.2. The minimum Gasteiger partial charge on any atom is -0.350 e. The highest BCUT2D eigenvalue weighted by molar-refractivity contribution is 6.09. The van der Waals surface area contributed by atoms with Gasteiger partial charge in [-0.3, -0.25) is 14.2 Å². The number of carbonyl (C=O) groups excluding carboxylic acids is 2. The summed E-state index contributed by atoms with van der Waals surface area (Å²) < 4.78 is 3.67. The highest BCUT2D eigenvalue weighted by Crippen LogP contribution is 2.30. The van der Waals surface area contributed by atoms with Crippen LogP contribution in [0.1, 0.15) is 46.3 Å². The Bertz CT molecular complexity index is 980. The second-order valence-electron chi connectivity index (χ2n) is 6.73. The zero-order valence-corrected chi connectivity index (χ0v) is 14.5. The Kier molecular flexibility index (Phi) is 3.79. The normalized spacial score (nSPS) is 16.8. The van der Waals surface area contributed by atoms with Crippen LogP contribution in [0, 0.1) is 5.92 Å². The van der Waals surface area contributed by atoms with E-state index in [0.717, 1.165) is 40.7 Å². The third-order valence-electron chi connectivity index (χ3n) is 5.23. The van der Waals surface area contributed by atoms with E-state index >= 15 is 0 Å². The number of nitrogens with zero attached hydrogens (tertiary/aromatic N) is 3. The van der Waals surface area contributed by atoms with Gasteiger partial charge in [-0.2, -0.15) is 0 Å². The summed E-state index contributed by atoms with van der Waals surface area (Å²) in [6, 6.07) is 7.99. The summed E-state index contributed by atoms with van der Waals surface area (Å²) >= 11 is 0. The Labute approximate surface area is 146 Å². The predicted molar refractivity (Wildman–Crippen MR) is 95.9 cm³/mol. The van der Waals surface area contributed by atoms with Crippen LogP contribution in [0.4, 0.5) is 0 Å². The number of imidazole rings is 1. The molecule has 2 aromatic heterocycles. The Morgan fingerprint density at radius 3 is 2.88 bits per heavy atom. The van der Waals surface area contributed by atoms with Gasteiger partial charge in [0.1, 0.15) is 6.33 Å². The number of carbonyl (C=O) groups is 2. The van der Waals surface area contributed by atoms with Crippen molar-refractivity contribution in [2.45, 2.75) is 32.6 Å². The number of Topliss-reactive ketones (excluding diaryl/α,β-unsaturated/α-hetero) is 1. The summed E-state index contributed by atoms with van der Waals surface area (Å²) in [5, 5.41) is 1.01. The summed E-state index contributed by atoms with van der Waals surface area (Å²) in [7, 11) is 1.97. The average molecular weight is 335 g/mol. The Hall–Kier alpha value is -2.69. The molecule has 1 unspecified atom stereocenters. The molecule has 1 aromatic carbocycles. The minimum absolute atomic E-state index is 0.0626. The molecule has 2 heterocycles. The monoisotopic (exact) mass is 335 g/mol. The first-order valence-electron chi connectivity index (χ1n) is 8.76. The first-order chi connectivity index (χ1) is 12.1. The smallest absolute Gasteiger partial charge is 0.231 e. The van der Waals surface area contributed by atoms with E-state index in [9.17, 15) is 9.59 Å². The topological polar surface area (TPSA) is 56.9 Å². The lowest BCUT2D eigenvalue weighted by Crippen LogP contribution is -2.25. The second-order valence-corrected chi connectivity index (χ2v) is 6.73. The number of benzene rings is 1. The number of para-hydroxylation sites is 1. The van der Waals surface area contributed by atoms with Crippen LogP contribution in [0.2, 0.25) is 0 Å². The molecule has 0 bridgehead atoms. The average Bonchev–Trinajstić information content (AvgIpc) is 3.22. The van der Waals surface area contributed by atoms with Crippen molar-refractivity contribution in [3.05, 3.63) is 53.7 Å². The molecule has 5 heteroatoms. The highest BCUT2D eigenvalue weighted by Gasteiger charge is 2.30. The van der Waals surface area contributed by atoms with Gasteiger partial charge in [0.25, 0.3) is 0 Å². The molecular formula is C20H21N3O2. The molecule has 0 saturated heterocycles. The van der Waals surface area contributed by atoms with Crippen LogP contribution >= 0.6 is 0 Å². The molecule has 25 heavy (non-hydrogen) atoms. The maximum atomic E-state index is 13.1. The first-order valence-corrected chi connectivity index (χ1v) is 8.76. The van der Waals surface area contributed by atoms with Crippen LogP contribution < -0.4 is 0 Å². The Balaban J connectivity index is 1.64. The molecule has 0 saturated carbocycles. The van der Waals surface area contributed by atoms with Crippen LogP contribution in [0.5, 0.6) is 0 Å². The van der Waals surface area contributed by atoms with Crippen molar-refractivity contribution < 1.29 is 9.59 Å². The molecule has 1 aliphatic carbocycles. The first kappa shape index (κ1) is 15.8. The molecule has 0 amide bonds. The van der Waals surface area contributed by atoms with Crippen molar-refractivity contribution in [2.24, 2.45) is 13.0 Å². The molecule has 128 valence electrons. The molecule has 0 spiro atoms. The summed E-state index contributed by atoms with van der Waals surface area (Å²) in [6.45, 7) is 1.85. The SMILES string of the molecule is CCC(=O)n1cnc2c1CCC(C(=O)c1cn(C)c3ccccc13)C2. The fourth-order valence-corrected chi connectivity index (χ4v) is 3.86. The summed E-state index contributed by atoms with van der Waals surface area (Å²) in [4.78, 5) is 29.5. The molecule has 1 aliphatic rings. The lowest BCUT2D eigenvalue weighted by molar-refractivity contribution is 0.0901. The Morgan fingerprint density at radius 2 is 2.08 bits per heavy atom. The lowest BCUT2D eigenvalue weighted by atomic mass is 9.84. The molecular weight excluding hydrogens is 314 g/mol. The number of hydrogen-bond donors (Lipinski definition) is 0. The van der Waals surface area contributed by atoms with Crippen LogP contribution in [-0.4, -0.2) is 25.8 Å². The molecule has 0 radical (unpaired) electrons. The summed E-state index contributed by atoms with van der Waals surface area (Å²) in [5.41, 5.74) is 3.73. The molecule has 0 N–H and O–H groups in total. The van der Waals surface area contributed by atoms with Gasteiger partial charge in [0.2, 0.25) is 5.91 Å². The van der Waals surface area contributed by atoms with E-state index in [4.69, 9.17) is 0 Å². The minimum atomic E-state index is -0.0709. The number of aryl methyl sites for hydroxylation is 1. The molecule has 5 nitrogen and oxygen atoms in total. The predicted octanol–water partition coefficient (Wildman–Crippen LogP) is 3.41. The molecule has 0 aliphatic heterocycles. The number of aromatic nitrogens is 3. The van der Waals surface area contributed by atoms with Crippen LogP contribution in [0.25, 0.3) is 10.9 Å². The van der Waals surface area contributed by atoms with E-state index < -0.39 is 0 Å². The number of ketones is 1. The van der Waals surface area contributed by atoms with Gasteiger partial charge in [-0.05, 0) is 18.9 Å². The van der Waals surface area contributed by atoms with Crippen LogP contribution in [-0.2, 0) is 19.9 Å². The fourth-order valence-electron chi connectivity index (χ4n) is 3.86. The van der Waals surface area contributed by atoms with Crippen molar-refractivity contribution in [3.63, 3.8) is 0 Å². The molecule has 1 atom stereocenters. The maximum absolute atomic E-state index is 13.1. The van der Waals surface area contributed by atoms with E-state index in [1.165, 1.54) is 0 Å². The second kappa shape index (κ2) is 5.99. The fraction of sp³-hybridized carbons (Fsp3) is 0.350. The van der Waals surface area contributed by atoms with E-state index in [2.05, 4.69) is 4.98 Å². The standard InChI is InChI=1S/C20H21N3O2/c1-3-19(24)23-12-21-16-10-13(8-9-18(16)23)20(25)15-11-22(2)17-7-5-4-6-14(15)17/h4-7,11-13H,3,8-10H2,1-2H3. The number of hydrogen-bond acceptors (Lipinski definition) is 3. The van der Waals surface area contributed by atoms with Gasteiger partial charge in [0.05, 0.1) is 5.69 Å². The zero-order chi connectivity index (χ0) is 17.6. The molecule has 0 fully saturated rings. The number of fused-ring (bicyclic) bond motifs is 2. The zero-order valence-electron chi connectivity index (χ0n) is 14.5. The summed E-state index contributed by atoms with van der Waals surface area (Å²) in [6.07, 6.45) is 6.10.